The number of aliphatic hydroxyl groups excluding tert-OH is 1. The Hall–Kier alpha value is -3.15. The van der Waals surface area contributed by atoms with E-state index in [4.69, 9.17) is 0 Å². The van der Waals surface area contributed by atoms with Crippen LogP contribution < -0.4 is 0 Å². The predicted octanol–water partition coefficient (Wildman–Crippen LogP) is 4.65. The molecule has 0 fully saturated rings. The first-order valence-corrected chi connectivity index (χ1v) is 8.01. The molecule has 0 aliphatic carbocycles. The minimum atomic E-state index is -0.279. The minimum absolute atomic E-state index is 0.0811. The van der Waals surface area contributed by atoms with Gasteiger partial charge in [-0.05, 0) is 53.1 Å². The molecule has 3 aromatic rings. The second-order valence-electron chi connectivity index (χ2n) is 5.50. The summed E-state index contributed by atoms with van der Waals surface area (Å²) in [5.74, 6) is 5.99. The summed E-state index contributed by atoms with van der Waals surface area (Å²) in [7, 11) is 0. The Morgan fingerprint density at radius 2 is 1.28 bits per heavy atom. The zero-order chi connectivity index (χ0) is 17.5. The Morgan fingerprint density at radius 1 is 0.760 bits per heavy atom. The predicted molar refractivity (Wildman–Crippen MR) is 99.4 cm³/mol. The van der Waals surface area contributed by atoms with Gasteiger partial charge < -0.3 is 5.11 Å². The van der Waals surface area contributed by atoms with Crippen LogP contribution in [0.2, 0.25) is 0 Å². The molecule has 0 aromatic heterocycles. The van der Waals surface area contributed by atoms with Gasteiger partial charge in [0.1, 0.15) is 5.82 Å². The number of aliphatic hydroxyl groups is 1. The fourth-order valence-corrected chi connectivity index (χ4v) is 2.52. The van der Waals surface area contributed by atoms with Crippen LogP contribution in [0.15, 0.2) is 84.9 Å². The van der Waals surface area contributed by atoms with Crippen LogP contribution in [0.4, 0.5) is 4.39 Å². The van der Waals surface area contributed by atoms with E-state index in [1.165, 1.54) is 12.1 Å². The number of halogens is 1. The highest BCUT2D eigenvalue weighted by atomic mass is 19.1. The van der Waals surface area contributed by atoms with E-state index in [-0.39, 0.29) is 12.4 Å². The Kier molecular flexibility index (Phi) is 5.41. The Labute approximate surface area is 147 Å². The third-order valence-electron chi connectivity index (χ3n) is 3.77. The van der Waals surface area contributed by atoms with Crippen LogP contribution in [0.5, 0.6) is 0 Å². The summed E-state index contributed by atoms with van der Waals surface area (Å²) in [5, 5.41) is 9.31. The molecule has 0 saturated carbocycles. The smallest absolute Gasteiger partial charge is 0.123 e. The van der Waals surface area contributed by atoms with E-state index in [1.54, 1.807) is 18.2 Å². The van der Waals surface area contributed by atoms with Gasteiger partial charge in [0.15, 0.2) is 0 Å². The molecule has 1 nitrogen and oxygen atoms in total. The SMILES string of the molecule is OCC=C(c1ccc(F)cc1)c1ccc(C#Cc2ccccc2)cc1. The Morgan fingerprint density at radius 3 is 1.84 bits per heavy atom. The number of hydrogen-bond acceptors (Lipinski definition) is 1. The van der Waals surface area contributed by atoms with Crippen molar-refractivity contribution in [2.24, 2.45) is 0 Å². The van der Waals surface area contributed by atoms with Crippen LogP contribution in [0, 0.1) is 17.7 Å². The van der Waals surface area contributed by atoms with Crippen molar-refractivity contribution in [3.8, 4) is 11.8 Å². The maximum absolute atomic E-state index is 13.1. The molecular weight excluding hydrogens is 311 g/mol. The van der Waals surface area contributed by atoms with Gasteiger partial charge in [-0.3, -0.25) is 0 Å². The molecule has 0 aliphatic rings. The molecule has 3 aromatic carbocycles. The monoisotopic (exact) mass is 328 g/mol. The lowest BCUT2D eigenvalue weighted by atomic mass is 9.96. The Bertz CT molecular complexity index is 912. The maximum atomic E-state index is 13.1. The lowest BCUT2D eigenvalue weighted by molar-refractivity contribution is 0.343. The molecule has 0 atom stereocenters. The highest BCUT2D eigenvalue weighted by Gasteiger charge is 2.05. The third kappa shape index (κ3) is 4.44. The molecule has 0 radical (unpaired) electrons. The number of hydrogen-bond donors (Lipinski definition) is 1. The van der Waals surface area contributed by atoms with E-state index in [0.29, 0.717) is 0 Å². The first kappa shape index (κ1) is 16.7. The van der Waals surface area contributed by atoms with Crippen molar-refractivity contribution in [2.75, 3.05) is 6.61 Å². The normalized spacial score (nSPS) is 10.9. The van der Waals surface area contributed by atoms with Crippen LogP contribution in [-0.2, 0) is 0 Å². The van der Waals surface area contributed by atoms with Crippen molar-refractivity contribution in [3.05, 3.63) is 113 Å². The van der Waals surface area contributed by atoms with E-state index in [9.17, 15) is 9.50 Å². The van der Waals surface area contributed by atoms with Gasteiger partial charge in [0, 0.05) is 11.1 Å². The highest BCUT2D eigenvalue weighted by Crippen LogP contribution is 2.24. The fraction of sp³-hybridized carbons (Fsp3) is 0.0435. The first-order chi connectivity index (χ1) is 12.3. The van der Waals surface area contributed by atoms with Crippen molar-refractivity contribution in [3.63, 3.8) is 0 Å². The molecule has 0 spiro atoms. The molecule has 25 heavy (non-hydrogen) atoms. The average molecular weight is 328 g/mol. The summed E-state index contributed by atoms with van der Waals surface area (Å²) in [6, 6.07) is 23.9. The van der Waals surface area contributed by atoms with Gasteiger partial charge in [0.2, 0.25) is 0 Å². The molecule has 0 bridgehead atoms. The molecule has 0 unspecified atom stereocenters. The molecule has 0 amide bonds. The summed E-state index contributed by atoms with van der Waals surface area (Å²) >= 11 is 0. The van der Waals surface area contributed by atoms with E-state index < -0.39 is 0 Å². The van der Waals surface area contributed by atoms with Gasteiger partial charge >= 0.3 is 0 Å². The zero-order valence-corrected chi connectivity index (χ0v) is 13.6. The zero-order valence-electron chi connectivity index (χ0n) is 13.6. The summed E-state index contributed by atoms with van der Waals surface area (Å²) < 4.78 is 13.1. The Balaban J connectivity index is 1.86. The van der Waals surface area contributed by atoms with Gasteiger partial charge in [0.05, 0.1) is 6.61 Å². The number of benzene rings is 3. The van der Waals surface area contributed by atoms with Gasteiger partial charge in [0.25, 0.3) is 0 Å². The minimum Gasteiger partial charge on any atom is -0.392 e. The lowest BCUT2D eigenvalue weighted by Crippen LogP contribution is -1.91. The van der Waals surface area contributed by atoms with Gasteiger partial charge in [-0.1, -0.05) is 60.4 Å². The van der Waals surface area contributed by atoms with E-state index in [1.807, 2.05) is 54.6 Å². The van der Waals surface area contributed by atoms with Gasteiger partial charge in [-0.15, -0.1) is 0 Å². The van der Waals surface area contributed by atoms with E-state index in [2.05, 4.69) is 11.8 Å². The van der Waals surface area contributed by atoms with Crippen molar-refractivity contribution in [2.45, 2.75) is 0 Å². The summed E-state index contributed by atoms with van der Waals surface area (Å²) in [4.78, 5) is 0. The molecule has 1 N–H and O–H groups in total. The average Bonchev–Trinajstić information content (AvgIpc) is 2.67. The second-order valence-corrected chi connectivity index (χ2v) is 5.50. The third-order valence-corrected chi connectivity index (χ3v) is 3.77. The maximum Gasteiger partial charge on any atom is 0.123 e. The van der Waals surface area contributed by atoms with Gasteiger partial charge in [-0.25, -0.2) is 4.39 Å². The largest absolute Gasteiger partial charge is 0.392 e. The quantitative estimate of drug-likeness (QED) is 0.694. The van der Waals surface area contributed by atoms with Crippen molar-refractivity contribution >= 4 is 5.57 Å². The van der Waals surface area contributed by atoms with Gasteiger partial charge in [-0.2, -0.15) is 0 Å². The molecule has 0 aliphatic heterocycles. The van der Waals surface area contributed by atoms with Crippen molar-refractivity contribution in [1.29, 1.82) is 0 Å². The second kappa shape index (κ2) is 8.10. The van der Waals surface area contributed by atoms with Crippen LogP contribution >= 0.6 is 0 Å². The molecule has 122 valence electrons. The van der Waals surface area contributed by atoms with Crippen LogP contribution in [0.1, 0.15) is 22.3 Å². The summed E-state index contributed by atoms with van der Waals surface area (Å²) in [5.41, 5.74) is 4.56. The van der Waals surface area contributed by atoms with E-state index >= 15 is 0 Å². The van der Waals surface area contributed by atoms with Crippen LogP contribution in [-0.4, -0.2) is 11.7 Å². The fourth-order valence-electron chi connectivity index (χ4n) is 2.52. The molecule has 3 rings (SSSR count). The highest BCUT2D eigenvalue weighted by molar-refractivity contribution is 5.80. The summed E-state index contributed by atoms with van der Waals surface area (Å²) in [6.07, 6.45) is 1.72. The molecule has 0 heterocycles. The van der Waals surface area contributed by atoms with Crippen LogP contribution in [0.25, 0.3) is 5.57 Å². The standard InChI is InChI=1S/C23H17FO/c24-22-14-12-21(13-15-22)23(16-17-25)20-10-8-19(9-11-20)7-6-18-4-2-1-3-5-18/h1-5,8-16,25H,17H2. The van der Waals surface area contributed by atoms with Crippen molar-refractivity contribution in [1.82, 2.24) is 0 Å². The van der Waals surface area contributed by atoms with Crippen molar-refractivity contribution < 1.29 is 9.50 Å². The molecule has 2 heteroatoms. The lowest BCUT2D eigenvalue weighted by Gasteiger charge is -2.08. The number of rotatable bonds is 3. The van der Waals surface area contributed by atoms with Crippen LogP contribution in [0.3, 0.4) is 0 Å². The first-order valence-electron chi connectivity index (χ1n) is 8.01. The van der Waals surface area contributed by atoms with E-state index in [0.717, 1.165) is 27.8 Å². The molecule has 0 saturated heterocycles. The topological polar surface area (TPSA) is 20.2 Å². The summed E-state index contributed by atoms with van der Waals surface area (Å²) in [6.45, 7) is -0.0811. The molecular formula is C23H17FO.